The molecule has 0 aromatic heterocycles. The summed E-state index contributed by atoms with van der Waals surface area (Å²) in [5.74, 6) is -0.772. The summed E-state index contributed by atoms with van der Waals surface area (Å²) in [4.78, 5) is 0. The maximum absolute atomic E-state index is 10.9. The maximum Gasteiger partial charge on any atom is 0.187 e. The highest BCUT2D eigenvalue weighted by Crippen LogP contribution is 2.33. The number of ether oxygens (including phenoxy) is 5. The Morgan fingerprint density at radius 3 is 1.66 bits per heavy atom. The highest BCUT2D eigenvalue weighted by molar-refractivity contribution is 5.02. The molecule has 4 rings (SSSR count). The smallest absolute Gasteiger partial charge is 0.187 e. The summed E-state index contributed by atoms with van der Waals surface area (Å²) in [5.41, 5.74) is 0. The molecule has 4 fully saturated rings. The van der Waals surface area contributed by atoms with E-state index >= 15 is 0 Å². The molecule has 3 saturated heterocycles. The Morgan fingerprint density at radius 1 is 0.568 bits per heavy atom. The molecule has 0 radical (unpaired) electrons. The largest absolute Gasteiger partial charge is 0.396 e. The van der Waals surface area contributed by atoms with Gasteiger partial charge >= 0.3 is 0 Å². The van der Waals surface area contributed by atoms with Gasteiger partial charge in [-0.05, 0) is 13.3 Å². The van der Waals surface area contributed by atoms with Gasteiger partial charge < -0.3 is 95.4 Å². The normalized spacial score (nSPS) is 53.9. The van der Waals surface area contributed by atoms with Gasteiger partial charge in [-0.25, -0.2) is 0 Å². The van der Waals surface area contributed by atoms with Gasteiger partial charge in [-0.15, -0.1) is 0 Å². The van der Waals surface area contributed by atoms with Gasteiger partial charge in [0.1, 0.15) is 67.1 Å². The van der Waals surface area contributed by atoms with E-state index in [1.54, 1.807) is 0 Å². The first-order valence-electron chi connectivity index (χ1n) is 14.4. The van der Waals surface area contributed by atoms with Crippen LogP contribution in [0.5, 0.6) is 0 Å². The van der Waals surface area contributed by atoms with Gasteiger partial charge in [0.15, 0.2) is 18.9 Å². The lowest BCUT2D eigenvalue weighted by Crippen LogP contribution is -2.69. The number of hydrogen-bond donors (Lipinski definition) is 14. The minimum atomic E-state index is -1.93. The van der Waals surface area contributed by atoms with E-state index in [-0.39, 0.29) is 6.42 Å². The van der Waals surface area contributed by atoms with Crippen molar-refractivity contribution >= 4 is 0 Å². The second-order valence-electron chi connectivity index (χ2n) is 11.8. The topological polar surface area (TPSA) is 321 Å². The lowest BCUT2D eigenvalue weighted by atomic mass is 9.79. The van der Waals surface area contributed by atoms with Gasteiger partial charge in [0.25, 0.3) is 0 Å². The molecule has 1 aliphatic carbocycles. The van der Waals surface area contributed by atoms with Crippen LogP contribution >= 0.6 is 0 Å². The van der Waals surface area contributed by atoms with Crippen LogP contribution in [0, 0.1) is 5.92 Å². The number of hydrogen-bond acceptors (Lipinski definition) is 19. The molecule has 3 heterocycles. The Hall–Kier alpha value is -0.760. The minimum Gasteiger partial charge on any atom is -0.396 e. The van der Waals surface area contributed by atoms with Gasteiger partial charge in [0, 0.05) is 18.6 Å². The Balaban J connectivity index is 1.41. The average molecular weight is 648 g/mol. The number of aliphatic hydroxyl groups excluding tert-OH is 13. The monoisotopic (exact) mass is 647 g/mol. The fourth-order valence-electron chi connectivity index (χ4n) is 6.17. The highest BCUT2D eigenvalue weighted by Gasteiger charge is 2.54. The van der Waals surface area contributed by atoms with Crippen molar-refractivity contribution < 1.29 is 90.1 Å². The third-order valence-electron chi connectivity index (χ3n) is 8.89. The molecular formula is C25H45NO18. The number of rotatable bonds is 9. The summed E-state index contributed by atoms with van der Waals surface area (Å²) in [6, 6.07) is -1.96. The molecule has 1 unspecified atom stereocenters. The molecule has 14 N–H and O–H groups in total. The van der Waals surface area contributed by atoms with E-state index in [0.29, 0.717) is 0 Å². The molecule has 1 saturated carbocycles. The average Bonchev–Trinajstić information content (AvgIpc) is 3.00. The second kappa shape index (κ2) is 15.0. The van der Waals surface area contributed by atoms with Crippen molar-refractivity contribution in [1.82, 2.24) is 5.32 Å². The summed E-state index contributed by atoms with van der Waals surface area (Å²) >= 11 is 0. The Kier molecular flexibility index (Phi) is 12.3. The fourth-order valence-corrected chi connectivity index (χ4v) is 6.17. The standard InChI is InChI=1S/C25H45NO18/c1-6-11(26-8-2-7(3-27)12(30)15(33)13(8)31)14(32)19(37)24(40-6)43-22-10(5-29)42-25(20(38)17(22)35)44-21-9(4-28)41-23(39)18(36)16(21)34/h6-39H,2-5H2,1H3/t6-,7?,8+,9-,10-,11-,12-,13+,14+,15+,16-,17-,18-,19-,20-,21-,22-,23+,24-,25-/m1/s1. The maximum atomic E-state index is 10.9. The molecule has 44 heavy (non-hydrogen) atoms. The molecule has 3 aliphatic heterocycles. The van der Waals surface area contributed by atoms with Gasteiger partial charge in [-0.1, -0.05) is 0 Å². The van der Waals surface area contributed by atoms with Crippen molar-refractivity contribution in [1.29, 1.82) is 0 Å². The van der Waals surface area contributed by atoms with Gasteiger partial charge in [-0.2, -0.15) is 0 Å². The van der Waals surface area contributed by atoms with E-state index in [1.165, 1.54) is 6.92 Å². The van der Waals surface area contributed by atoms with Crippen LogP contribution in [-0.4, -0.2) is 203 Å². The summed E-state index contributed by atoms with van der Waals surface area (Å²) < 4.78 is 27.4. The van der Waals surface area contributed by atoms with Crippen molar-refractivity contribution in [2.45, 2.75) is 130 Å². The molecule has 19 heteroatoms. The van der Waals surface area contributed by atoms with E-state index in [2.05, 4.69) is 5.32 Å². The second-order valence-corrected chi connectivity index (χ2v) is 11.8. The molecule has 258 valence electrons. The molecule has 0 aromatic carbocycles. The first-order valence-corrected chi connectivity index (χ1v) is 14.4. The zero-order chi connectivity index (χ0) is 32.6. The summed E-state index contributed by atoms with van der Waals surface area (Å²) in [7, 11) is 0. The molecule has 0 bridgehead atoms. The van der Waals surface area contributed by atoms with Gasteiger partial charge in [0.05, 0.1) is 37.6 Å². The van der Waals surface area contributed by atoms with Crippen LogP contribution in [0.2, 0.25) is 0 Å². The summed E-state index contributed by atoms with van der Waals surface area (Å²) in [6.07, 6.45) is -27.4. The number of aliphatic hydroxyl groups is 13. The van der Waals surface area contributed by atoms with E-state index < -0.39 is 142 Å². The minimum absolute atomic E-state index is 0.0232. The Bertz CT molecular complexity index is 901. The van der Waals surface area contributed by atoms with Crippen molar-refractivity contribution in [2.75, 3.05) is 19.8 Å². The van der Waals surface area contributed by atoms with Crippen LogP contribution in [0.3, 0.4) is 0 Å². The summed E-state index contributed by atoms with van der Waals surface area (Å²) in [5, 5.41) is 136. The van der Waals surface area contributed by atoms with Crippen molar-refractivity contribution in [3.05, 3.63) is 0 Å². The van der Waals surface area contributed by atoms with Crippen LogP contribution in [0.15, 0.2) is 0 Å². The van der Waals surface area contributed by atoms with Crippen LogP contribution in [0.1, 0.15) is 13.3 Å². The van der Waals surface area contributed by atoms with Gasteiger partial charge in [-0.3, -0.25) is 0 Å². The highest BCUT2D eigenvalue weighted by atomic mass is 16.7. The zero-order valence-electron chi connectivity index (χ0n) is 23.7. The summed E-state index contributed by atoms with van der Waals surface area (Å²) in [6.45, 7) is -0.584. The van der Waals surface area contributed by atoms with Crippen LogP contribution in [-0.2, 0) is 23.7 Å². The molecule has 0 spiro atoms. The van der Waals surface area contributed by atoms with E-state index in [1.807, 2.05) is 0 Å². The Morgan fingerprint density at radius 2 is 1.09 bits per heavy atom. The zero-order valence-corrected chi connectivity index (χ0v) is 23.7. The molecule has 4 aliphatic rings. The third-order valence-corrected chi connectivity index (χ3v) is 8.89. The fraction of sp³-hybridized carbons (Fsp3) is 1.00. The number of nitrogens with one attached hydrogen (secondary N) is 1. The first kappa shape index (κ1) is 36.1. The molecule has 0 amide bonds. The van der Waals surface area contributed by atoms with Crippen LogP contribution < -0.4 is 5.32 Å². The van der Waals surface area contributed by atoms with Crippen molar-refractivity contribution in [2.24, 2.45) is 5.92 Å². The molecule has 19 nitrogen and oxygen atoms in total. The van der Waals surface area contributed by atoms with E-state index in [4.69, 9.17) is 23.7 Å². The quantitative estimate of drug-likeness (QED) is 0.110. The van der Waals surface area contributed by atoms with E-state index in [9.17, 15) is 66.4 Å². The predicted octanol–water partition coefficient (Wildman–Crippen LogP) is -8.48. The van der Waals surface area contributed by atoms with Gasteiger partial charge in [0.2, 0.25) is 0 Å². The molecule has 0 aromatic rings. The SMILES string of the molecule is C[C@H]1O[C@H](O[C@H]2[C@H](O)[C@@H](O)[C@@H](O[C@H]3[C@H](O)[C@@H](O)[C@@H](O)O[C@@H]3CO)O[C@@H]2CO)[C@H](O)[C@@H](O)[C@@H]1N[C@H]1CC(CO)[C@@H](O)[C@H](O)[C@H]1O. The van der Waals surface area contributed by atoms with Crippen molar-refractivity contribution in [3.63, 3.8) is 0 Å². The Labute approximate surface area is 251 Å². The van der Waals surface area contributed by atoms with E-state index in [0.717, 1.165) is 0 Å². The first-order chi connectivity index (χ1) is 20.7. The van der Waals surface area contributed by atoms with Crippen LogP contribution in [0.4, 0.5) is 0 Å². The van der Waals surface area contributed by atoms with Crippen LogP contribution in [0.25, 0.3) is 0 Å². The lowest BCUT2D eigenvalue weighted by molar-refractivity contribution is -0.374. The predicted molar refractivity (Wildman–Crippen MR) is 138 cm³/mol. The molecule has 20 atom stereocenters. The third kappa shape index (κ3) is 7.06. The van der Waals surface area contributed by atoms with Crippen molar-refractivity contribution in [3.8, 4) is 0 Å². The lowest BCUT2D eigenvalue weighted by Gasteiger charge is -2.49. The molecular weight excluding hydrogens is 602 g/mol.